The van der Waals surface area contributed by atoms with Crippen LogP contribution in [0.3, 0.4) is 0 Å². The van der Waals surface area contributed by atoms with E-state index in [1.54, 1.807) is 6.08 Å². The number of rotatable bonds is 13. The summed E-state index contributed by atoms with van der Waals surface area (Å²) in [5, 5.41) is 154. The van der Waals surface area contributed by atoms with Crippen molar-refractivity contribution in [3.63, 3.8) is 0 Å². The Kier molecular flexibility index (Phi) is 17.2. The minimum Gasteiger partial charge on any atom is -0.394 e. The zero-order valence-electron chi connectivity index (χ0n) is 47.4. The third kappa shape index (κ3) is 9.93. The summed E-state index contributed by atoms with van der Waals surface area (Å²) in [7, 11) is 0. The predicted molar refractivity (Wildman–Crippen MR) is 273 cm³/mol. The van der Waals surface area contributed by atoms with E-state index >= 15 is 0 Å². The van der Waals surface area contributed by atoms with Gasteiger partial charge in [0, 0.05) is 24.2 Å². The molecule has 470 valence electrons. The van der Waals surface area contributed by atoms with Crippen molar-refractivity contribution < 1.29 is 128 Å². The highest BCUT2D eigenvalue weighted by Crippen LogP contribution is 2.80. The van der Waals surface area contributed by atoms with Crippen LogP contribution in [-0.2, 0) is 56.8 Å². The Labute approximate surface area is 476 Å². The average molecular weight is 1180 g/mol. The first-order chi connectivity index (χ1) is 38.6. The van der Waals surface area contributed by atoms with Gasteiger partial charge < -0.3 is 128 Å². The van der Waals surface area contributed by atoms with Crippen LogP contribution in [0.1, 0.15) is 92.9 Å². The molecule has 2 bridgehead atoms. The minimum absolute atomic E-state index is 0.108. The highest BCUT2D eigenvalue weighted by Gasteiger charge is 2.81. The first-order valence-electron chi connectivity index (χ1n) is 29.5. The molecule has 0 amide bonds. The Morgan fingerprint density at radius 3 is 1.94 bits per heavy atom. The van der Waals surface area contributed by atoms with Crippen LogP contribution in [0.2, 0.25) is 0 Å². The standard InChI is InChI=1S/C56H90O26/c1-8-23-15-54(7,70)45-24-9-10-30-52(5)13-12-31(51(3,4)29(52)11-14-53(30,6)55(24)20-56(45,82-23)74-21-55)78-49-44(81-48-41(69)36(64)32(60)22(2)75-48)42(26(59)18-72-49)79-50-43(80-47-39(67)33(61)25(58)17-71-47)38(66)35(63)28(77-50)19-73-46-40(68)37(65)34(62)27(16-57)76-46/h8,22-50,57-70H,1,9-21H2,2-7H3/t22-,23-,24+,25+,26-,27+,28+,29-,30+,31-,32-,33-,34+,35+,36+,37-,38-,39+,40+,41+,42-,43+,44+,45-,46+,47-,48-,49-,50-,52-,53+,54-,55-,56-/m0/s1. The minimum atomic E-state index is -2.04. The van der Waals surface area contributed by atoms with Gasteiger partial charge in [-0.3, -0.25) is 0 Å². The van der Waals surface area contributed by atoms with E-state index < -0.39 is 191 Å². The molecule has 82 heavy (non-hydrogen) atoms. The van der Waals surface area contributed by atoms with Gasteiger partial charge in [0.25, 0.3) is 0 Å². The molecule has 7 aliphatic heterocycles. The largest absolute Gasteiger partial charge is 0.394 e. The van der Waals surface area contributed by atoms with Crippen LogP contribution in [0.4, 0.5) is 0 Å². The van der Waals surface area contributed by atoms with E-state index in [1.165, 1.54) is 6.92 Å². The molecule has 0 aromatic rings. The second-order valence-corrected chi connectivity index (χ2v) is 27.2. The lowest BCUT2D eigenvalue weighted by Crippen LogP contribution is -2.68. The van der Waals surface area contributed by atoms with E-state index in [0.29, 0.717) is 25.9 Å². The van der Waals surface area contributed by atoms with E-state index in [4.69, 9.17) is 56.8 Å². The number of aliphatic hydroxyl groups is 14. The summed E-state index contributed by atoms with van der Waals surface area (Å²) in [4.78, 5) is 0. The molecule has 4 aliphatic carbocycles. The summed E-state index contributed by atoms with van der Waals surface area (Å²) in [6.45, 7) is 14.6. The zero-order chi connectivity index (χ0) is 59.1. The molecule has 7 saturated heterocycles. The van der Waals surface area contributed by atoms with Gasteiger partial charge in [0.1, 0.15) is 104 Å². The van der Waals surface area contributed by atoms with Crippen molar-refractivity contribution >= 4 is 0 Å². The van der Waals surface area contributed by atoms with Crippen molar-refractivity contribution in [1.29, 1.82) is 0 Å². The van der Waals surface area contributed by atoms with Gasteiger partial charge in [0.2, 0.25) is 0 Å². The van der Waals surface area contributed by atoms with Crippen LogP contribution < -0.4 is 0 Å². The molecular weight excluding hydrogens is 1090 g/mol. The third-order valence-corrected chi connectivity index (χ3v) is 22.3. The molecule has 34 atom stereocenters. The Morgan fingerprint density at radius 1 is 0.585 bits per heavy atom. The first kappa shape index (κ1) is 62.3. The third-order valence-electron chi connectivity index (χ3n) is 22.3. The molecule has 0 aromatic carbocycles. The van der Waals surface area contributed by atoms with Gasteiger partial charge in [0.05, 0.1) is 56.9 Å². The van der Waals surface area contributed by atoms with E-state index in [0.717, 1.165) is 32.1 Å². The SMILES string of the molecule is C=C[C@H]1C[C@](C)(O)[C@@H]2[C@H]3CC[C@@H]4[C@@]5(C)CC[C@H](O[C@@H]6OC[C@H](O)[C@H](O[C@@H]7O[C@H](CO[C@@H]8O[C@H](CO)[C@@H](O)[C@H](O)[C@H]8O)[C@@H](O)[C@H](O)[C@H]7O[C@@H]7OC[C@@H](O)[C@H](O)[C@H]7O)[C@H]6O[C@@H]6O[C@@H](C)[C@H](O)[C@@H](O)[C@H]6O)C(C)(C)[C@@H]5CC[C@@]4(C)[C@@]34CO[C@@]2(C4)O1. The topological polar surface area (TPSA) is 394 Å². The molecule has 0 unspecified atom stereocenters. The zero-order valence-corrected chi connectivity index (χ0v) is 47.4. The maximum Gasteiger partial charge on any atom is 0.187 e. The summed E-state index contributed by atoms with van der Waals surface area (Å²) < 4.78 is 75.0. The molecule has 14 N–H and O–H groups in total. The normalized spacial score (nSPS) is 58.2. The van der Waals surface area contributed by atoms with Gasteiger partial charge in [-0.25, -0.2) is 0 Å². The van der Waals surface area contributed by atoms with Gasteiger partial charge in [-0.1, -0.05) is 33.8 Å². The second-order valence-electron chi connectivity index (χ2n) is 27.2. The molecule has 0 radical (unpaired) electrons. The Morgan fingerprint density at radius 2 is 1.22 bits per heavy atom. The lowest BCUT2D eigenvalue weighted by atomic mass is 9.35. The van der Waals surface area contributed by atoms with Gasteiger partial charge in [0.15, 0.2) is 37.2 Å². The van der Waals surface area contributed by atoms with Gasteiger partial charge >= 0.3 is 0 Å². The second kappa shape index (κ2) is 22.6. The molecule has 2 spiro atoms. The lowest BCUT2D eigenvalue weighted by Gasteiger charge is -2.70. The van der Waals surface area contributed by atoms with Crippen molar-refractivity contribution in [2.24, 2.45) is 45.3 Å². The summed E-state index contributed by atoms with van der Waals surface area (Å²) in [6.07, 6.45) is -32.3. The molecule has 26 heteroatoms. The monoisotopic (exact) mass is 1180 g/mol. The van der Waals surface area contributed by atoms with Crippen molar-refractivity contribution in [3.8, 4) is 0 Å². The molecule has 0 aromatic heterocycles. The number of hydrogen-bond acceptors (Lipinski definition) is 26. The molecule has 7 heterocycles. The number of fused-ring (bicyclic) bond motifs is 4. The van der Waals surface area contributed by atoms with Crippen LogP contribution in [-0.4, -0.2) is 269 Å². The molecular formula is C56H90O26. The van der Waals surface area contributed by atoms with Gasteiger partial charge in [-0.2, -0.15) is 0 Å². The van der Waals surface area contributed by atoms with E-state index in [-0.39, 0.29) is 46.0 Å². The molecule has 11 fully saturated rings. The summed E-state index contributed by atoms with van der Waals surface area (Å²) in [5.41, 5.74) is -2.12. The quantitative estimate of drug-likeness (QED) is 0.0628. The molecule has 11 rings (SSSR count). The van der Waals surface area contributed by atoms with E-state index in [9.17, 15) is 71.5 Å². The first-order valence-corrected chi connectivity index (χ1v) is 29.5. The van der Waals surface area contributed by atoms with Crippen LogP contribution in [0.15, 0.2) is 12.7 Å². The Hall–Kier alpha value is -1.30. The van der Waals surface area contributed by atoms with Crippen LogP contribution >= 0.6 is 0 Å². The van der Waals surface area contributed by atoms with Crippen molar-refractivity contribution in [2.45, 2.75) is 258 Å². The Bertz CT molecular complexity index is 2250. The van der Waals surface area contributed by atoms with Crippen molar-refractivity contribution in [3.05, 3.63) is 12.7 Å². The average Bonchev–Trinajstić information content (AvgIpc) is 1.46. The highest BCUT2D eigenvalue weighted by atomic mass is 16.8. The smallest absolute Gasteiger partial charge is 0.187 e. The Balaban J connectivity index is 0.872. The van der Waals surface area contributed by atoms with Crippen LogP contribution in [0.25, 0.3) is 0 Å². The maximum absolute atomic E-state index is 12.1. The number of ether oxygens (including phenoxy) is 12. The molecule has 4 saturated carbocycles. The summed E-state index contributed by atoms with van der Waals surface area (Å²) in [6, 6.07) is 0. The van der Waals surface area contributed by atoms with Crippen LogP contribution in [0.5, 0.6) is 0 Å². The fourth-order valence-corrected chi connectivity index (χ4v) is 18.0. The fourth-order valence-electron chi connectivity index (χ4n) is 18.0. The number of hydrogen-bond donors (Lipinski definition) is 14. The lowest BCUT2D eigenvalue weighted by molar-refractivity contribution is -0.401. The number of aliphatic hydroxyl groups excluding tert-OH is 13. The van der Waals surface area contributed by atoms with Gasteiger partial charge in [-0.15, -0.1) is 6.58 Å². The fraction of sp³-hybridized carbons (Fsp3) is 0.964. The predicted octanol–water partition coefficient (Wildman–Crippen LogP) is -3.50. The van der Waals surface area contributed by atoms with Crippen LogP contribution in [0, 0.1) is 45.3 Å². The summed E-state index contributed by atoms with van der Waals surface area (Å²) >= 11 is 0. The van der Waals surface area contributed by atoms with E-state index in [1.807, 2.05) is 6.92 Å². The van der Waals surface area contributed by atoms with Crippen molar-refractivity contribution in [2.75, 3.05) is 33.0 Å². The highest BCUT2D eigenvalue weighted by molar-refractivity contribution is 5.26. The van der Waals surface area contributed by atoms with Crippen molar-refractivity contribution in [1.82, 2.24) is 0 Å². The summed E-state index contributed by atoms with van der Waals surface area (Å²) in [5.74, 6) is -0.473. The molecule has 26 nitrogen and oxygen atoms in total. The van der Waals surface area contributed by atoms with Gasteiger partial charge in [-0.05, 0) is 86.4 Å². The van der Waals surface area contributed by atoms with E-state index in [2.05, 4.69) is 34.3 Å². The maximum atomic E-state index is 12.1. The molecule has 11 aliphatic rings.